The van der Waals surface area contributed by atoms with Crippen LogP contribution in [0.5, 0.6) is 5.75 Å². The van der Waals surface area contributed by atoms with Crippen molar-refractivity contribution in [3.63, 3.8) is 0 Å². The molecular formula is C16H19N3O2. The predicted molar refractivity (Wildman–Crippen MR) is 82.5 cm³/mol. The van der Waals surface area contributed by atoms with Gasteiger partial charge in [0.15, 0.2) is 0 Å². The molecule has 0 radical (unpaired) electrons. The van der Waals surface area contributed by atoms with Crippen molar-refractivity contribution >= 4 is 11.6 Å². The molecule has 0 saturated heterocycles. The Labute approximate surface area is 124 Å². The summed E-state index contributed by atoms with van der Waals surface area (Å²) in [5.74, 6) is 0.127. The number of anilines is 1. The van der Waals surface area contributed by atoms with Crippen LogP contribution in [-0.4, -0.2) is 29.1 Å². The number of phenols is 1. The van der Waals surface area contributed by atoms with Gasteiger partial charge in [-0.2, -0.15) is 0 Å². The third-order valence-corrected chi connectivity index (χ3v) is 3.07. The molecule has 5 nitrogen and oxygen atoms in total. The number of nitrogens with zero attached hydrogens (tertiary/aromatic N) is 1. The molecular weight excluding hydrogens is 266 g/mol. The van der Waals surface area contributed by atoms with Crippen LogP contribution >= 0.6 is 0 Å². The average molecular weight is 285 g/mol. The molecule has 0 atom stereocenters. The molecule has 1 amide bonds. The second-order valence-electron chi connectivity index (χ2n) is 4.62. The Morgan fingerprint density at radius 1 is 1.24 bits per heavy atom. The first-order valence-corrected chi connectivity index (χ1v) is 6.94. The number of hydrogen-bond donors (Lipinski definition) is 3. The highest BCUT2D eigenvalue weighted by atomic mass is 16.3. The van der Waals surface area contributed by atoms with Crippen LogP contribution in [0.4, 0.5) is 5.69 Å². The summed E-state index contributed by atoms with van der Waals surface area (Å²) < 4.78 is 0. The van der Waals surface area contributed by atoms with E-state index in [1.165, 1.54) is 0 Å². The van der Waals surface area contributed by atoms with Gasteiger partial charge in [-0.05, 0) is 37.1 Å². The number of amides is 1. The summed E-state index contributed by atoms with van der Waals surface area (Å²) in [7, 11) is 0. The zero-order valence-electron chi connectivity index (χ0n) is 12.0. The number of hydrogen-bond acceptors (Lipinski definition) is 4. The van der Waals surface area contributed by atoms with Crippen LogP contribution in [0.1, 0.15) is 22.8 Å². The second-order valence-corrected chi connectivity index (χ2v) is 4.62. The van der Waals surface area contributed by atoms with Gasteiger partial charge in [0.05, 0.1) is 17.4 Å². The average Bonchev–Trinajstić information content (AvgIpc) is 2.50. The number of pyridine rings is 1. The van der Waals surface area contributed by atoms with Crippen LogP contribution in [0.3, 0.4) is 0 Å². The first-order chi connectivity index (χ1) is 10.2. The molecule has 0 aliphatic carbocycles. The van der Waals surface area contributed by atoms with Gasteiger partial charge in [0.2, 0.25) is 0 Å². The van der Waals surface area contributed by atoms with Crippen molar-refractivity contribution in [1.82, 2.24) is 10.3 Å². The van der Waals surface area contributed by atoms with E-state index in [9.17, 15) is 9.90 Å². The van der Waals surface area contributed by atoms with Crippen LogP contribution in [0.25, 0.3) is 0 Å². The molecule has 3 N–H and O–H groups in total. The largest absolute Gasteiger partial charge is 0.508 e. The third kappa shape index (κ3) is 4.21. The van der Waals surface area contributed by atoms with E-state index in [4.69, 9.17) is 0 Å². The fourth-order valence-electron chi connectivity index (χ4n) is 2.00. The van der Waals surface area contributed by atoms with Crippen molar-refractivity contribution in [3.8, 4) is 5.75 Å². The van der Waals surface area contributed by atoms with Crippen LogP contribution in [0.2, 0.25) is 0 Å². The van der Waals surface area contributed by atoms with Crippen molar-refractivity contribution in [1.29, 1.82) is 0 Å². The van der Waals surface area contributed by atoms with E-state index in [1.807, 2.05) is 19.1 Å². The monoisotopic (exact) mass is 285 g/mol. The Morgan fingerprint density at radius 2 is 2.00 bits per heavy atom. The standard InChI is InChI=1S/C16H19N3O2/c1-2-18-15-11-17-9-8-14(15)16(21)19-10-7-12-3-5-13(20)6-4-12/h3-6,8-9,11,18,20H,2,7,10H2,1H3,(H,19,21). The smallest absolute Gasteiger partial charge is 0.253 e. The van der Waals surface area contributed by atoms with Crippen molar-refractivity contribution in [2.75, 3.05) is 18.4 Å². The molecule has 2 rings (SSSR count). The molecule has 0 aliphatic rings. The van der Waals surface area contributed by atoms with Crippen molar-refractivity contribution < 1.29 is 9.90 Å². The summed E-state index contributed by atoms with van der Waals surface area (Å²) in [5.41, 5.74) is 2.40. The van der Waals surface area contributed by atoms with Gasteiger partial charge in [0.25, 0.3) is 5.91 Å². The lowest BCUT2D eigenvalue weighted by atomic mass is 10.1. The molecule has 0 spiro atoms. The number of aromatic hydroxyl groups is 1. The Bertz CT molecular complexity index is 597. The van der Waals surface area contributed by atoms with E-state index in [-0.39, 0.29) is 11.7 Å². The van der Waals surface area contributed by atoms with E-state index in [2.05, 4.69) is 15.6 Å². The number of phenolic OH excluding ortho intramolecular Hbond substituents is 1. The zero-order valence-corrected chi connectivity index (χ0v) is 12.0. The molecule has 1 heterocycles. The second kappa shape index (κ2) is 7.28. The van der Waals surface area contributed by atoms with E-state index in [0.29, 0.717) is 18.5 Å². The number of benzene rings is 1. The summed E-state index contributed by atoms with van der Waals surface area (Å²) in [6, 6.07) is 8.68. The topological polar surface area (TPSA) is 74.2 Å². The van der Waals surface area contributed by atoms with Crippen LogP contribution in [0.15, 0.2) is 42.7 Å². The number of carbonyl (C=O) groups excluding carboxylic acids is 1. The third-order valence-electron chi connectivity index (χ3n) is 3.07. The van der Waals surface area contributed by atoms with E-state index >= 15 is 0 Å². The molecule has 0 unspecified atom stereocenters. The molecule has 21 heavy (non-hydrogen) atoms. The Morgan fingerprint density at radius 3 is 2.71 bits per heavy atom. The van der Waals surface area contributed by atoms with Crippen molar-refractivity contribution in [2.45, 2.75) is 13.3 Å². The molecule has 1 aromatic carbocycles. The Hall–Kier alpha value is -2.56. The molecule has 2 aromatic rings. The molecule has 0 aliphatic heterocycles. The van der Waals surface area contributed by atoms with Crippen molar-refractivity contribution in [2.24, 2.45) is 0 Å². The lowest BCUT2D eigenvalue weighted by Gasteiger charge is -2.10. The van der Waals surface area contributed by atoms with E-state index < -0.39 is 0 Å². The molecule has 0 saturated carbocycles. The van der Waals surface area contributed by atoms with Gasteiger partial charge in [-0.15, -0.1) is 0 Å². The number of nitrogens with one attached hydrogen (secondary N) is 2. The van der Waals surface area contributed by atoms with Gasteiger partial charge in [-0.1, -0.05) is 12.1 Å². The van der Waals surface area contributed by atoms with Gasteiger partial charge >= 0.3 is 0 Å². The van der Waals surface area contributed by atoms with Gasteiger partial charge < -0.3 is 15.7 Å². The van der Waals surface area contributed by atoms with Crippen LogP contribution in [0, 0.1) is 0 Å². The minimum absolute atomic E-state index is 0.118. The van der Waals surface area contributed by atoms with Crippen molar-refractivity contribution in [3.05, 3.63) is 53.9 Å². The number of carbonyl (C=O) groups is 1. The van der Waals surface area contributed by atoms with Gasteiger partial charge in [-0.3, -0.25) is 9.78 Å². The van der Waals surface area contributed by atoms with Crippen LogP contribution < -0.4 is 10.6 Å². The van der Waals surface area contributed by atoms with E-state index in [1.54, 1.807) is 30.6 Å². The predicted octanol–water partition coefficient (Wildman–Crippen LogP) is 2.19. The normalized spacial score (nSPS) is 10.1. The molecule has 0 bridgehead atoms. The highest BCUT2D eigenvalue weighted by molar-refractivity contribution is 5.99. The highest BCUT2D eigenvalue weighted by Crippen LogP contribution is 2.13. The summed E-state index contributed by atoms with van der Waals surface area (Å²) in [6.07, 6.45) is 3.97. The number of rotatable bonds is 6. The first-order valence-electron chi connectivity index (χ1n) is 6.94. The Kier molecular flexibility index (Phi) is 5.15. The zero-order chi connectivity index (χ0) is 15.1. The summed E-state index contributed by atoms with van der Waals surface area (Å²) >= 11 is 0. The lowest BCUT2D eigenvalue weighted by Crippen LogP contribution is -2.26. The minimum Gasteiger partial charge on any atom is -0.508 e. The maximum absolute atomic E-state index is 12.2. The molecule has 5 heteroatoms. The van der Waals surface area contributed by atoms with Gasteiger partial charge in [0, 0.05) is 19.3 Å². The maximum atomic E-state index is 12.2. The lowest BCUT2D eigenvalue weighted by molar-refractivity contribution is 0.0955. The summed E-state index contributed by atoms with van der Waals surface area (Å²) in [5, 5.41) is 15.2. The minimum atomic E-state index is -0.118. The van der Waals surface area contributed by atoms with Gasteiger partial charge in [-0.25, -0.2) is 0 Å². The fraction of sp³-hybridized carbons (Fsp3) is 0.250. The SMILES string of the molecule is CCNc1cnccc1C(=O)NCCc1ccc(O)cc1. The first kappa shape index (κ1) is 14.8. The fourth-order valence-corrected chi connectivity index (χ4v) is 2.00. The molecule has 1 aromatic heterocycles. The molecule has 0 fully saturated rings. The van der Waals surface area contributed by atoms with Crippen LogP contribution in [-0.2, 0) is 6.42 Å². The highest BCUT2D eigenvalue weighted by Gasteiger charge is 2.10. The van der Waals surface area contributed by atoms with E-state index in [0.717, 1.165) is 17.8 Å². The number of aromatic nitrogens is 1. The molecule has 110 valence electrons. The maximum Gasteiger partial charge on any atom is 0.253 e. The summed E-state index contributed by atoms with van der Waals surface area (Å²) in [6.45, 7) is 3.25. The Balaban J connectivity index is 1.91. The quantitative estimate of drug-likeness (QED) is 0.760. The summed E-state index contributed by atoms with van der Waals surface area (Å²) in [4.78, 5) is 16.2. The van der Waals surface area contributed by atoms with Gasteiger partial charge in [0.1, 0.15) is 5.75 Å².